The topological polar surface area (TPSA) is 109 Å². The van der Waals surface area contributed by atoms with E-state index in [2.05, 4.69) is 31.2 Å². The van der Waals surface area contributed by atoms with Gasteiger partial charge in [-0.2, -0.15) is 0 Å². The van der Waals surface area contributed by atoms with Crippen LogP contribution in [0.1, 0.15) is 12.0 Å². The van der Waals surface area contributed by atoms with Crippen molar-refractivity contribution < 1.29 is 23.4 Å². The lowest BCUT2D eigenvalue weighted by atomic mass is 9.90. The minimum Gasteiger partial charge on any atom is -0.505 e. The van der Waals surface area contributed by atoms with Crippen molar-refractivity contribution >= 4 is 39.6 Å². The van der Waals surface area contributed by atoms with Crippen molar-refractivity contribution in [3.63, 3.8) is 0 Å². The number of hydrogen-bond acceptors (Lipinski definition) is 6. The Kier molecular flexibility index (Phi) is 5.90. The standard InChI is InChI=1S/C18H17BrF2N4O3/c19-11-4-5-23-15(13(26)7-11)16(27)24-12-3-1-2-10(6-12)18(17(20)21)9-28-8-14(22)25-18/h1-3,5-7,17,26H,4,8-9H2,(H2,22,25)(H,24,27). The molecule has 0 radical (unpaired) electrons. The number of aliphatic hydroxyl groups excluding tert-OH is 1. The fourth-order valence-electron chi connectivity index (χ4n) is 2.82. The van der Waals surface area contributed by atoms with Crippen LogP contribution < -0.4 is 11.1 Å². The molecule has 0 spiro atoms. The third-order valence-electron chi connectivity index (χ3n) is 4.15. The van der Waals surface area contributed by atoms with Gasteiger partial charge in [-0.1, -0.05) is 28.1 Å². The van der Waals surface area contributed by atoms with Crippen LogP contribution >= 0.6 is 15.9 Å². The molecule has 2 aliphatic heterocycles. The summed E-state index contributed by atoms with van der Waals surface area (Å²) in [5.74, 6) is -1.02. The number of alkyl halides is 2. The molecule has 0 saturated carbocycles. The second kappa shape index (κ2) is 8.19. The summed E-state index contributed by atoms with van der Waals surface area (Å²) in [4.78, 5) is 20.4. The molecule has 0 bridgehead atoms. The molecule has 2 aliphatic rings. The first kappa shape index (κ1) is 20.2. The molecule has 7 nitrogen and oxygen atoms in total. The fourth-order valence-corrected chi connectivity index (χ4v) is 3.18. The first-order valence-electron chi connectivity index (χ1n) is 8.25. The zero-order chi connectivity index (χ0) is 20.3. The number of carbonyl (C=O) groups is 1. The van der Waals surface area contributed by atoms with E-state index in [1.54, 1.807) is 0 Å². The van der Waals surface area contributed by atoms with Gasteiger partial charge >= 0.3 is 0 Å². The number of allylic oxidation sites excluding steroid dienone is 2. The summed E-state index contributed by atoms with van der Waals surface area (Å²) in [6.07, 6.45) is 0.406. The van der Waals surface area contributed by atoms with Gasteiger partial charge in [0.15, 0.2) is 11.2 Å². The maximum atomic E-state index is 13.9. The van der Waals surface area contributed by atoms with Gasteiger partial charge < -0.3 is 20.9 Å². The number of benzene rings is 1. The number of halogens is 3. The highest BCUT2D eigenvalue weighted by Gasteiger charge is 2.44. The zero-order valence-corrected chi connectivity index (χ0v) is 16.1. The van der Waals surface area contributed by atoms with Crippen LogP contribution in [0, 0.1) is 0 Å². The van der Waals surface area contributed by atoms with Gasteiger partial charge in [0, 0.05) is 22.8 Å². The maximum absolute atomic E-state index is 13.9. The number of rotatable bonds is 4. The Balaban J connectivity index is 1.91. The molecule has 0 aliphatic carbocycles. The average Bonchev–Trinajstić information content (AvgIpc) is 2.81. The van der Waals surface area contributed by atoms with Gasteiger partial charge in [0.2, 0.25) is 0 Å². The van der Waals surface area contributed by atoms with Gasteiger partial charge in [-0.3, -0.25) is 14.8 Å². The summed E-state index contributed by atoms with van der Waals surface area (Å²) < 4.78 is 33.5. The molecule has 1 unspecified atom stereocenters. The van der Waals surface area contributed by atoms with Crippen LogP contribution in [-0.4, -0.2) is 42.7 Å². The van der Waals surface area contributed by atoms with Crippen molar-refractivity contribution in [1.29, 1.82) is 0 Å². The zero-order valence-electron chi connectivity index (χ0n) is 14.5. The minimum atomic E-state index is -2.86. The molecule has 4 N–H and O–H groups in total. The first-order valence-corrected chi connectivity index (χ1v) is 9.05. The van der Waals surface area contributed by atoms with E-state index in [0.29, 0.717) is 10.9 Å². The summed E-state index contributed by atoms with van der Waals surface area (Å²) in [5, 5.41) is 12.6. The Morgan fingerprint density at radius 3 is 2.93 bits per heavy atom. The van der Waals surface area contributed by atoms with Crippen LogP contribution in [0.15, 0.2) is 56.3 Å². The number of amides is 1. The number of nitrogens with one attached hydrogen (secondary N) is 1. The molecule has 148 valence electrons. The molecular formula is C18H17BrF2N4O3. The van der Waals surface area contributed by atoms with E-state index in [-0.39, 0.29) is 41.8 Å². The monoisotopic (exact) mass is 454 g/mol. The lowest BCUT2D eigenvalue weighted by molar-refractivity contribution is -0.113. The number of amidine groups is 1. The number of anilines is 1. The second-order valence-electron chi connectivity index (χ2n) is 6.20. The molecule has 0 fully saturated rings. The van der Waals surface area contributed by atoms with Gasteiger partial charge in [-0.25, -0.2) is 8.78 Å². The molecule has 10 heteroatoms. The lowest BCUT2D eigenvalue weighted by Crippen LogP contribution is -2.44. The molecule has 0 aromatic heterocycles. The molecule has 1 aromatic rings. The molecule has 1 amide bonds. The van der Waals surface area contributed by atoms with Crippen LogP contribution in [0.4, 0.5) is 14.5 Å². The highest BCUT2D eigenvalue weighted by molar-refractivity contribution is 9.11. The summed E-state index contributed by atoms with van der Waals surface area (Å²) in [6, 6.07) is 5.88. The Labute approximate surface area is 167 Å². The predicted molar refractivity (Wildman–Crippen MR) is 105 cm³/mol. The summed E-state index contributed by atoms with van der Waals surface area (Å²) >= 11 is 3.24. The molecule has 2 heterocycles. The Morgan fingerprint density at radius 2 is 2.21 bits per heavy atom. The minimum absolute atomic E-state index is 0.0145. The van der Waals surface area contributed by atoms with Gasteiger partial charge in [-0.05, 0) is 23.8 Å². The number of nitrogens with zero attached hydrogens (tertiary/aromatic N) is 2. The van der Waals surface area contributed by atoms with E-state index in [1.165, 1.54) is 36.6 Å². The van der Waals surface area contributed by atoms with Crippen molar-refractivity contribution in [3.05, 3.63) is 51.8 Å². The van der Waals surface area contributed by atoms with E-state index in [0.717, 1.165) is 0 Å². The van der Waals surface area contributed by atoms with E-state index in [4.69, 9.17) is 10.5 Å². The third kappa shape index (κ3) is 4.12. The van der Waals surface area contributed by atoms with Crippen molar-refractivity contribution in [3.8, 4) is 0 Å². The van der Waals surface area contributed by atoms with Crippen molar-refractivity contribution in [2.45, 2.75) is 18.4 Å². The Hall–Kier alpha value is -2.59. The number of aliphatic imine (C=N–C) groups is 2. The van der Waals surface area contributed by atoms with Gasteiger partial charge in [-0.15, -0.1) is 0 Å². The van der Waals surface area contributed by atoms with Crippen LogP contribution in [0.2, 0.25) is 0 Å². The van der Waals surface area contributed by atoms with E-state index in [1.807, 2.05) is 0 Å². The largest absolute Gasteiger partial charge is 0.505 e. The second-order valence-corrected chi connectivity index (χ2v) is 7.22. The summed E-state index contributed by atoms with van der Waals surface area (Å²) in [6.45, 7) is -0.350. The molecule has 1 aromatic carbocycles. The van der Waals surface area contributed by atoms with Crippen molar-refractivity contribution in [1.82, 2.24) is 0 Å². The van der Waals surface area contributed by atoms with E-state index < -0.39 is 17.9 Å². The number of nitrogens with two attached hydrogens (primary N) is 1. The van der Waals surface area contributed by atoms with Gasteiger partial charge in [0.1, 0.15) is 18.2 Å². The molecule has 3 rings (SSSR count). The van der Waals surface area contributed by atoms with Gasteiger partial charge in [0.25, 0.3) is 12.3 Å². The lowest BCUT2D eigenvalue weighted by Gasteiger charge is -2.33. The highest BCUT2D eigenvalue weighted by Crippen LogP contribution is 2.36. The molecule has 28 heavy (non-hydrogen) atoms. The van der Waals surface area contributed by atoms with E-state index in [9.17, 15) is 18.7 Å². The van der Waals surface area contributed by atoms with E-state index >= 15 is 0 Å². The van der Waals surface area contributed by atoms with Crippen LogP contribution in [0.5, 0.6) is 0 Å². The SMILES string of the molecule is NC1=NC(c2cccc(NC(=O)C3=C(O)C=C(Br)CC=N3)c2)(C(F)F)COC1. The summed E-state index contributed by atoms with van der Waals surface area (Å²) in [5.41, 5.74) is 3.86. The number of hydrogen-bond donors (Lipinski definition) is 3. The molecule has 1 atom stereocenters. The molecular weight excluding hydrogens is 438 g/mol. The molecule has 0 saturated heterocycles. The van der Waals surface area contributed by atoms with Crippen LogP contribution in [0.3, 0.4) is 0 Å². The quantitative estimate of drug-likeness (QED) is 0.649. The number of aliphatic hydroxyl groups is 1. The fraction of sp³-hybridized carbons (Fsp3) is 0.278. The third-order valence-corrected chi connectivity index (χ3v) is 4.71. The average molecular weight is 455 g/mol. The van der Waals surface area contributed by atoms with Gasteiger partial charge in [0.05, 0.1) is 6.61 Å². The highest BCUT2D eigenvalue weighted by atomic mass is 79.9. The maximum Gasteiger partial charge on any atom is 0.278 e. The smallest absolute Gasteiger partial charge is 0.278 e. The normalized spacial score (nSPS) is 22.6. The van der Waals surface area contributed by atoms with Crippen molar-refractivity contribution in [2.75, 3.05) is 18.5 Å². The Bertz CT molecular complexity index is 914. The number of ether oxygens (including phenoxy) is 1. The predicted octanol–water partition coefficient (Wildman–Crippen LogP) is 3.00. The first-order chi connectivity index (χ1) is 13.3. The van der Waals surface area contributed by atoms with Crippen LogP contribution in [0.25, 0.3) is 0 Å². The number of carbonyl (C=O) groups excluding carboxylic acids is 1. The van der Waals surface area contributed by atoms with Crippen molar-refractivity contribution in [2.24, 2.45) is 15.7 Å². The Morgan fingerprint density at radius 1 is 1.43 bits per heavy atom. The summed E-state index contributed by atoms with van der Waals surface area (Å²) in [7, 11) is 0. The van der Waals surface area contributed by atoms with Crippen LogP contribution in [-0.2, 0) is 15.1 Å².